The lowest BCUT2D eigenvalue weighted by atomic mass is 10.4. The van der Waals surface area contributed by atoms with Crippen LogP contribution in [0.1, 0.15) is 20.8 Å². The van der Waals surface area contributed by atoms with Crippen molar-refractivity contribution >= 4 is 0 Å². The van der Waals surface area contributed by atoms with Crippen LogP contribution in [0.3, 0.4) is 0 Å². The first-order valence-corrected chi connectivity index (χ1v) is 8.09. The van der Waals surface area contributed by atoms with Crippen LogP contribution in [-0.2, 0) is 0 Å². The van der Waals surface area contributed by atoms with Gasteiger partial charge >= 0.3 is 0 Å². The zero-order valence-electron chi connectivity index (χ0n) is 13.9. The summed E-state index contributed by atoms with van der Waals surface area (Å²) in [5.74, 6) is 0. The molecule has 0 saturated carbocycles. The molecule has 0 saturated heterocycles. The van der Waals surface area contributed by atoms with Gasteiger partial charge in [0.05, 0.1) is 0 Å². The summed E-state index contributed by atoms with van der Waals surface area (Å²) in [6.45, 7) is 16.6. The first-order valence-electron chi connectivity index (χ1n) is 8.09. The average Bonchev–Trinajstić information content (AvgIpc) is 2.49. The van der Waals surface area contributed by atoms with Gasteiger partial charge in [0.25, 0.3) is 0 Å². The molecular formula is C14H38N6. The van der Waals surface area contributed by atoms with Crippen molar-refractivity contribution in [1.29, 1.82) is 0 Å². The molecule has 0 aromatic heterocycles. The van der Waals surface area contributed by atoms with Crippen molar-refractivity contribution in [2.24, 2.45) is 11.5 Å². The highest BCUT2D eigenvalue weighted by molar-refractivity contribution is 4.63. The van der Waals surface area contributed by atoms with Gasteiger partial charge in [-0.25, -0.2) is 0 Å². The molecular weight excluding hydrogens is 252 g/mol. The quantitative estimate of drug-likeness (QED) is 0.264. The summed E-state index contributed by atoms with van der Waals surface area (Å²) >= 11 is 0. The van der Waals surface area contributed by atoms with Crippen LogP contribution < -0.4 is 27.4 Å². The lowest BCUT2D eigenvalue weighted by molar-refractivity contribution is 0.273. The van der Waals surface area contributed by atoms with Gasteiger partial charge in [0.2, 0.25) is 0 Å². The molecule has 6 nitrogen and oxygen atoms in total. The molecule has 7 N–H and O–H groups in total. The molecule has 0 heterocycles. The Balaban J connectivity index is 0. The Hall–Kier alpha value is -0.240. The summed E-state index contributed by atoms with van der Waals surface area (Å²) in [6, 6.07) is 0. The van der Waals surface area contributed by atoms with E-state index in [1.165, 1.54) is 0 Å². The van der Waals surface area contributed by atoms with E-state index in [9.17, 15) is 0 Å². The van der Waals surface area contributed by atoms with Gasteiger partial charge in [-0.15, -0.1) is 0 Å². The van der Waals surface area contributed by atoms with Crippen molar-refractivity contribution in [2.45, 2.75) is 20.8 Å². The Kier molecular flexibility index (Phi) is 23.2. The Morgan fingerprint density at radius 3 is 1.45 bits per heavy atom. The maximum absolute atomic E-state index is 5.45. The molecule has 0 aromatic carbocycles. The molecule has 20 heavy (non-hydrogen) atoms. The van der Waals surface area contributed by atoms with Gasteiger partial charge in [-0.1, -0.05) is 20.8 Å². The van der Waals surface area contributed by atoms with Crippen LogP contribution in [0.15, 0.2) is 0 Å². The van der Waals surface area contributed by atoms with Crippen molar-refractivity contribution in [2.75, 3.05) is 72.0 Å². The highest BCUT2D eigenvalue weighted by Crippen LogP contribution is 1.85. The summed E-state index contributed by atoms with van der Waals surface area (Å²) in [6.07, 6.45) is 0. The molecule has 0 spiro atoms. The van der Waals surface area contributed by atoms with E-state index < -0.39 is 0 Å². The molecule has 6 heteroatoms. The van der Waals surface area contributed by atoms with E-state index in [1.54, 1.807) is 0 Å². The average molecular weight is 291 g/mol. The van der Waals surface area contributed by atoms with Gasteiger partial charge in [0, 0.05) is 65.4 Å². The molecule has 0 fully saturated rings. The Morgan fingerprint density at radius 1 is 0.700 bits per heavy atom. The van der Waals surface area contributed by atoms with E-state index in [0.717, 1.165) is 58.9 Å². The van der Waals surface area contributed by atoms with Gasteiger partial charge in [0.15, 0.2) is 0 Å². The molecule has 0 aliphatic rings. The summed E-state index contributed by atoms with van der Waals surface area (Å²) in [5, 5.41) is 10.0. The predicted molar refractivity (Wildman–Crippen MR) is 90.2 cm³/mol. The highest BCUT2D eigenvalue weighted by Gasteiger charge is 2.03. The second-order valence-corrected chi connectivity index (χ2v) is 4.27. The molecule has 0 bridgehead atoms. The zero-order chi connectivity index (χ0) is 15.5. The summed E-state index contributed by atoms with van der Waals surface area (Å²) < 4.78 is 0. The highest BCUT2D eigenvalue weighted by atomic mass is 15.2. The number of nitrogens with two attached hydrogens (primary N) is 2. The number of hydrogen-bond acceptors (Lipinski definition) is 6. The molecule has 0 amide bonds. The van der Waals surface area contributed by atoms with E-state index >= 15 is 0 Å². The van der Waals surface area contributed by atoms with Gasteiger partial charge in [-0.2, -0.15) is 0 Å². The van der Waals surface area contributed by atoms with Crippen LogP contribution in [-0.4, -0.2) is 76.9 Å². The zero-order valence-corrected chi connectivity index (χ0v) is 13.9. The summed E-state index contributed by atoms with van der Waals surface area (Å²) in [5.41, 5.74) is 10.9. The number of rotatable bonds is 14. The van der Waals surface area contributed by atoms with E-state index in [-0.39, 0.29) is 0 Å². The van der Waals surface area contributed by atoms with Gasteiger partial charge in [-0.05, 0) is 6.54 Å². The monoisotopic (exact) mass is 290 g/mol. The van der Waals surface area contributed by atoms with Gasteiger partial charge in [0.1, 0.15) is 0 Å². The molecule has 0 unspecified atom stereocenters. The fourth-order valence-electron chi connectivity index (χ4n) is 1.68. The smallest absolute Gasteiger partial charge is 0.0108 e. The molecule has 124 valence electrons. The number of nitrogens with one attached hydrogen (secondary N) is 3. The topological polar surface area (TPSA) is 91.4 Å². The second kappa shape index (κ2) is 21.1. The first-order chi connectivity index (χ1) is 9.85. The van der Waals surface area contributed by atoms with E-state index in [4.69, 9.17) is 11.5 Å². The molecule has 0 aliphatic heterocycles. The van der Waals surface area contributed by atoms with Crippen LogP contribution in [0.2, 0.25) is 0 Å². The predicted octanol–water partition coefficient (Wildman–Crippen LogP) is -0.979. The largest absolute Gasteiger partial charge is 0.329 e. The SMILES string of the molecule is CC.CCNCCN(CCNCCN)CCNCCN. The molecule has 0 rings (SSSR count). The van der Waals surface area contributed by atoms with Crippen LogP contribution in [0.25, 0.3) is 0 Å². The van der Waals surface area contributed by atoms with Crippen LogP contribution in [0, 0.1) is 0 Å². The van der Waals surface area contributed by atoms with Crippen molar-refractivity contribution in [3.05, 3.63) is 0 Å². The lowest BCUT2D eigenvalue weighted by Gasteiger charge is -2.22. The number of likely N-dealkylation sites (N-methyl/N-ethyl adjacent to an activating group) is 1. The normalized spacial score (nSPS) is 10.5. The van der Waals surface area contributed by atoms with Crippen LogP contribution in [0.5, 0.6) is 0 Å². The Labute approximate surface area is 126 Å². The fourth-order valence-corrected chi connectivity index (χ4v) is 1.68. The second-order valence-electron chi connectivity index (χ2n) is 4.27. The van der Waals surface area contributed by atoms with E-state index in [0.29, 0.717) is 13.1 Å². The van der Waals surface area contributed by atoms with E-state index in [1.807, 2.05) is 13.8 Å². The third-order valence-electron chi connectivity index (χ3n) is 2.71. The van der Waals surface area contributed by atoms with Gasteiger partial charge < -0.3 is 27.4 Å². The molecule has 0 aromatic rings. The van der Waals surface area contributed by atoms with Crippen LogP contribution in [0.4, 0.5) is 0 Å². The summed E-state index contributed by atoms with van der Waals surface area (Å²) in [7, 11) is 0. The van der Waals surface area contributed by atoms with Crippen molar-refractivity contribution in [3.63, 3.8) is 0 Å². The van der Waals surface area contributed by atoms with Crippen molar-refractivity contribution in [1.82, 2.24) is 20.9 Å². The third kappa shape index (κ3) is 17.8. The van der Waals surface area contributed by atoms with Crippen molar-refractivity contribution < 1.29 is 0 Å². The summed E-state index contributed by atoms with van der Waals surface area (Å²) in [4.78, 5) is 2.45. The van der Waals surface area contributed by atoms with Crippen LogP contribution >= 0.6 is 0 Å². The molecule has 0 aliphatic carbocycles. The maximum atomic E-state index is 5.45. The van der Waals surface area contributed by atoms with E-state index in [2.05, 4.69) is 27.8 Å². The lowest BCUT2D eigenvalue weighted by Crippen LogP contribution is -2.41. The molecule has 0 radical (unpaired) electrons. The molecule has 0 atom stereocenters. The Morgan fingerprint density at radius 2 is 1.10 bits per heavy atom. The number of nitrogens with zero attached hydrogens (tertiary/aromatic N) is 1. The standard InChI is InChI=1S/C12H32N6.C2H6/c1-2-15-7-10-18(11-8-16-5-3-13)12-9-17-6-4-14;1-2/h15-17H,2-14H2,1H3;1-2H3. The van der Waals surface area contributed by atoms with Gasteiger partial charge in [-0.3, -0.25) is 4.90 Å². The minimum absolute atomic E-state index is 0.704. The Bertz CT molecular complexity index is 145. The minimum Gasteiger partial charge on any atom is -0.329 e. The fraction of sp³-hybridized carbons (Fsp3) is 1.00. The number of hydrogen-bond donors (Lipinski definition) is 5. The maximum Gasteiger partial charge on any atom is 0.0108 e. The van der Waals surface area contributed by atoms with Crippen molar-refractivity contribution in [3.8, 4) is 0 Å². The first kappa shape index (κ1) is 22.0. The third-order valence-corrected chi connectivity index (χ3v) is 2.71. The minimum atomic E-state index is 0.704.